The standard InChI is InChI=1S/C9H13NO3/c1-9(2,11)8-6-5-12-4-3-7(6)10-13-8/h11H,3-5H2,1-2H3. The Morgan fingerprint density at radius 1 is 1.46 bits per heavy atom. The molecule has 1 N–H and O–H groups in total. The Balaban J connectivity index is 2.43. The van der Waals surface area contributed by atoms with Crippen LogP contribution in [-0.4, -0.2) is 16.9 Å². The molecular weight excluding hydrogens is 170 g/mol. The maximum absolute atomic E-state index is 9.74. The van der Waals surface area contributed by atoms with Crippen LogP contribution < -0.4 is 0 Å². The number of fused-ring (bicyclic) bond motifs is 1. The molecule has 72 valence electrons. The molecule has 0 saturated heterocycles. The van der Waals surface area contributed by atoms with E-state index in [1.807, 2.05) is 0 Å². The Morgan fingerprint density at radius 2 is 2.23 bits per heavy atom. The number of aliphatic hydroxyl groups is 1. The zero-order valence-electron chi connectivity index (χ0n) is 7.83. The van der Waals surface area contributed by atoms with E-state index in [0.717, 1.165) is 17.7 Å². The maximum Gasteiger partial charge on any atom is 0.173 e. The SMILES string of the molecule is CC(C)(O)c1onc2c1COCC2. The molecule has 0 aromatic carbocycles. The van der Waals surface area contributed by atoms with Crippen molar-refractivity contribution >= 4 is 0 Å². The summed E-state index contributed by atoms with van der Waals surface area (Å²) in [5.74, 6) is 0.530. The lowest BCUT2D eigenvalue weighted by Gasteiger charge is -2.17. The van der Waals surface area contributed by atoms with Crippen molar-refractivity contribution in [1.82, 2.24) is 5.16 Å². The minimum absolute atomic E-state index is 0.498. The van der Waals surface area contributed by atoms with Gasteiger partial charge in [0.25, 0.3) is 0 Å². The highest BCUT2D eigenvalue weighted by molar-refractivity contribution is 5.27. The van der Waals surface area contributed by atoms with Gasteiger partial charge in [-0.1, -0.05) is 5.16 Å². The van der Waals surface area contributed by atoms with Gasteiger partial charge < -0.3 is 14.4 Å². The van der Waals surface area contributed by atoms with E-state index in [9.17, 15) is 5.11 Å². The van der Waals surface area contributed by atoms with E-state index in [1.54, 1.807) is 13.8 Å². The van der Waals surface area contributed by atoms with Crippen molar-refractivity contribution in [3.05, 3.63) is 17.0 Å². The topological polar surface area (TPSA) is 55.5 Å². The van der Waals surface area contributed by atoms with Gasteiger partial charge in [-0.05, 0) is 13.8 Å². The molecule has 13 heavy (non-hydrogen) atoms. The number of hydrogen-bond donors (Lipinski definition) is 1. The lowest BCUT2D eigenvalue weighted by molar-refractivity contribution is 0.0423. The van der Waals surface area contributed by atoms with Gasteiger partial charge in [0.1, 0.15) is 5.60 Å². The zero-order valence-corrected chi connectivity index (χ0v) is 7.83. The summed E-state index contributed by atoms with van der Waals surface area (Å²) in [6.07, 6.45) is 0.773. The third-order valence-corrected chi connectivity index (χ3v) is 2.15. The predicted octanol–water partition coefficient (Wildman–Crippen LogP) is 0.975. The summed E-state index contributed by atoms with van der Waals surface area (Å²) in [4.78, 5) is 0. The second-order valence-corrected chi connectivity index (χ2v) is 3.80. The van der Waals surface area contributed by atoms with Crippen LogP contribution in [0.25, 0.3) is 0 Å². The van der Waals surface area contributed by atoms with Crippen LogP contribution in [0.1, 0.15) is 30.9 Å². The summed E-state index contributed by atoms with van der Waals surface area (Å²) >= 11 is 0. The van der Waals surface area contributed by atoms with Gasteiger partial charge in [-0.2, -0.15) is 0 Å². The zero-order chi connectivity index (χ0) is 9.47. The maximum atomic E-state index is 9.74. The van der Waals surface area contributed by atoms with Gasteiger partial charge in [0, 0.05) is 12.0 Å². The molecule has 1 aliphatic heterocycles. The van der Waals surface area contributed by atoms with E-state index in [4.69, 9.17) is 9.26 Å². The lowest BCUT2D eigenvalue weighted by atomic mass is 9.99. The Morgan fingerprint density at radius 3 is 2.92 bits per heavy atom. The van der Waals surface area contributed by atoms with E-state index in [2.05, 4.69) is 5.16 Å². The Hall–Kier alpha value is -0.870. The van der Waals surface area contributed by atoms with Gasteiger partial charge in [0.2, 0.25) is 0 Å². The molecular formula is C9H13NO3. The van der Waals surface area contributed by atoms with Gasteiger partial charge in [-0.15, -0.1) is 0 Å². The molecule has 0 unspecified atom stereocenters. The summed E-state index contributed by atoms with van der Waals surface area (Å²) in [5.41, 5.74) is 0.864. The first-order chi connectivity index (χ1) is 6.09. The Bertz CT molecular complexity index is 311. The first kappa shape index (κ1) is 8.72. The number of nitrogens with zero attached hydrogens (tertiary/aromatic N) is 1. The van der Waals surface area contributed by atoms with Crippen LogP contribution in [0.5, 0.6) is 0 Å². The molecule has 0 aliphatic carbocycles. The first-order valence-electron chi connectivity index (χ1n) is 4.37. The molecule has 0 amide bonds. The van der Waals surface area contributed by atoms with Crippen LogP contribution in [0.15, 0.2) is 4.52 Å². The van der Waals surface area contributed by atoms with Crippen molar-refractivity contribution in [1.29, 1.82) is 0 Å². The average Bonchev–Trinajstić information content (AvgIpc) is 2.45. The van der Waals surface area contributed by atoms with E-state index in [-0.39, 0.29) is 0 Å². The minimum Gasteiger partial charge on any atom is -0.382 e. The molecule has 0 fully saturated rings. The van der Waals surface area contributed by atoms with Crippen molar-refractivity contribution in [3.8, 4) is 0 Å². The molecule has 0 spiro atoms. The average molecular weight is 183 g/mol. The molecule has 4 heteroatoms. The molecule has 1 aromatic heterocycles. The van der Waals surface area contributed by atoms with Gasteiger partial charge in [0.05, 0.1) is 18.9 Å². The lowest BCUT2D eigenvalue weighted by Crippen LogP contribution is -2.19. The minimum atomic E-state index is -0.971. The highest BCUT2D eigenvalue weighted by Crippen LogP contribution is 2.28. The normalized spacial score (nSPS) is 17.2. The van der Waals surface area contributed by atoms with E-state index in [0.29, 0.717) is 19.0 Å². The van der Waals surface area contributed by atoms with Gasteiger partial charge in [0.15, 0.2) is 5.76 Å². The van der Waals surface area contributed by atoms with Crippen molar-refractivity contribution in [2.45, 2.75) is 32.5 Å². The van der Waals surface area contributed by atoms with Gasteiger partial charge in [-0.25, -0.2) is 0 Å². The van der Waals surface area contributed by atoms with Crippen LogP contribution in [0.4, 0.5) is 0 Å². The van der Waals surface area contributed by atoms with Gasteiger partial charge in [-0.3, -0.25) is 0 Å². The molecule has 1 aromatic rings. The Labute approximate surface area is 76.5 Å². The summed E-state index contributed by atoms with van der Waals surface area (Å²) in [7, 11) is 0. The third-order valence-electron chi connectivity index (χ3n) is 2.15. The molecule has 0 radical (unpaired) electrons. The smallest absolute Gasteiger partial charge is 0.173 e. The molecule has 0 atom stereocenters. The summed E-state index contributed by atoms with van der Waals surface area (Å²) in [6.45, 7) is 4.55. The van der Waals surface area contributed by atoms with E-state index >= 15 is 0 Å². The molecule has 2 rings (SSSR count). The number of ether oxygens (including phenoxy) is 1. The molecule has 0 saturated carbocycles. The van der Waals surface area contributed by atoms with Crippen molar-refractivity contribution < 1.29 is 14.4 Å². The molecule has 0 bridgehead atoms. The van der Waals surface area contributed by atoms with Crippen LogP contribution in [-0.2, 0) is 23.4 Å². The monoisotopic (exact) mass is 183 g/mol. The fourth-order valence-corrected chi connectivity index (χ4v) is 1.51. The fraction of sp³-hybridized carbons (Fsp3) is 0.667. The van der Waals surface area contributed by atoms with E-state index < -0.39 is 5.60 Å². The quantitative estimate of drug-likeness (QED) is 0.705. The third kappa shape index (κ3) is 1.47. The summed E-state index contributed by atoms with van der Waals surface area (Å²) in [5, 5.41) is 13.7. The predicted molar refractivity (Wildman–Crippen MR) is 45.1 cm³/mol. The molecule has 1 aliphatic rings. The van der Waals surface area contributed by atoms with Crippen LogP contribution in [0.3, 0.4) is 0 Å². The Kier molecular flexibility index (Phi) is 1.89. The summed E-state index contributed by atoms with van der Waals surface area (Å²) in [6, 6.07) is 0. The fourth-order valence-electron chi connectivity index (χ4n) is 1.51. The van der Waals surface area contributed by atoms with Crippen LogP contribution >= 0.6 is 0 Å². The summed E-state index contributed by atoms with van der Waals surface area (Å²) < 4.78 is 10.4. The van der Waals surface area contributed by atoms with Crippen molar-refractivity contribution in [2.24, 2.45) is 0 Å². The molecule has 2 heterocycles. The molecule has 4 nitrogen and oxygen atoms in total. The van der Waals surface area contributed by atoms with E-state index in [1.165, 1.54) is 0 Å². The highest BCUT2D eigenvalue weighted by Gasteiger charge is 2.29. The highest BCUT2D eigenvalue weighted by atomic mass is 16.5. The largest absolute Gasteiger partial charge is 0.382 e. The first-order valence-corrected chi connectivity index (χ1v) is 4.37. The van der Waals surface area contributed by atoms with Crippen LogP contribution in [0, 0.1) is 0 Å². The number of rotatable bonds is 1. The van der Waals surface area contributed by atoms with Crippen molar-refractivity contribution in [3.63, 3.8) is 0 Å². The van der Waals surface area contributed by atoms with Crippen LogP contribution in [0.2, 0.25) is 0 Å². The second kappa shape index (κ2) is 2.82. The van der Waals surface area contributed by atoms with Gasteiger partial charge >= 0.3 is 0 Å². The number of hydrogen-bond acceptors (Lipinski definition) is 4. The number of aromatic nitrogens is 1. The second-order valence-electron chi connectivity index (χ2n) is 3.80. The van der Waals surface area contributed by atoms with Crippen molar-refractivity contribution in [2.75, 3.05) is 6.61 Å².